The summed E-state index contributed by atoms with van der Waals surface area (Å²) in [5.41, 5.74) is 9.79. The number of carboxylic acids is 1. The maximum Gasteiger partial charge on any atom is 0.336 e. The molecule has 1 heterocycles. The number of unbranched alkanes of at least 4 members (excludes halogenated alkanes) is 50. The summed E-state index contributed by atoms with van der Waals surface area (Å²) in [5, 5.41) is 11.5. The SMILES string of the molecule is CCCCCCCCCCCCCc1ccc2c(c1CCCCCCCCCCCCC)Oc1c(CCCCCCCCCCCCC)c(CCCCCCCCCCCCC)c(CCCCCCCCCCCCC)c(C(=O)O)c1C2. The van der Waals surface area contributed by atoms with Gasteiger partial charge in [0, 0.05) is 12.0 Å². The first-order valence-corrected chi connectivity index (χ1v) is 37.8. The molecule has 0 saturated heterocycles. The van der Waals surface area contributed by atoms with E-state index in [2.05, 4.69) is 46.8 Å². The van der Waals surface area contributed by atoms with Gasteiger partial charge in [0.1, 0.15) is 11.5 Å². The van der Waals surface area contributed by atoms with Gasteiger partial charge in [-0.25, -0.2) is 4.79 Å². The van der Waals surface area contributed by atoms with Crippen molar-refractivity contribution >= 4 is 5.97 Å². The van der Waals surface area contributed by atoms with Crippen LogP contribution in [0.4, 0.5) is 0 Å². The van der Waals surface area contributed by atoms with Gasteiger partial charge in [0.15, 0.2) is 0 Å². The fraction of sp³-hybridized carbons (Fsp3) is 0.835. The Hall–Kier alpha value is -2.29. The van der Waals surface area contributed by atoms with Crippen LogP contribution in [-0.4, -0.2) is 11.1 Å². The summed E-state index contributed by atoms with van der Waals surface area (Å²) in [7, 11) is 0. The van der Waals surface area contributed by atoms with Gasteiger partial charge >= 0.3 is 5.97 Å². The zero-order chi connectivity index (χ0) is 58.6. The lowest BCUT2D eigenvalue weighted by Gasteiger charge is -2.31. The highest BCUT2D eigenvalue weighted by molar-refractivity contribution is 5.94. The van der Waals surface area contributed by atoms with Gasteiger partial charge in [0.25, 0.3) is 0 Å². The largest absolute Gasteiger partial charge is 0.478 e. The van der Waals surface area contributed by atoms with E-state index in [1.807, 2.05) is 0 Å². The number of rotatable bonds is 61. The Kier molecular flexibility index (Phi) is 47.8. The summed E-state index contributed by atoms with van der Waals surface area (Å²) in [6.45, 7) is 11.6. The minimum absolute atomic E-state index is 0.616. The summed E-state index contributed by atoms with van der Waals surface area (Å²) in [5.74, 6) is 1.37. The maximum atomic E-state index is 14.1. The molecule has 0 fully saturated rings. The van der Waals surface area contributed by atoms with Gasteiger partial charge in [-0.3, -0.25) is 0 Å². The molecule has 0 atom stereocenters. The molecule has 0 unspecified atom stereocenters. The minimum Gasteiger partial charge on any atom is -0.478 e. The van der Waals surface area contributed by atoms with Gasteiger partial charge < -0.3 is 9.84 Å². The summed E-state index contributed by atoms with van der Waals surface area (Å²) >= 11 is 0. The summed E-state index contributed by atoms with van der Waals surface area (Å²) in [6.07, 6.45) is 79.5. The Labute approximate surface area is 512 Å². The average molecular weight is 1140 g/mol. The quantitative estimate of drug-likeness (QED) is 0.0573. The smallest absolute Gasteiger partial charge is 0.336 e. The van der Waals surface area contributed by atoms with E-state index < -0.39 is 5.97 Å². The summed E-state index contributed by atoms with van der Waals surface area (Å²) < 4.78 is 7.63. The molecule has 0 saturated carbocycles. The first-order chi connectivity index (χ1) is 40.5. The van der Waals surface area contributed by atoms with Gasteiger partial charge in [-0.2, -0.15) is 0 Å². The summed E-state index contributed by atoms with van der Waals surface area (Å²) in [4.78, 5) is 14.1. The number of carboxylic acid groups (broad SMARTS) is 1. The van der Waals surface area contributed by atoms with Crippen LogP contribution in [0.1, 0.15) is 437 Å². The average Bonchev–Trinajstić information content (AvgIpc) is 2.60. The Balaban J connectivity index is 1.95. The fourth-order valence-corrected chi connectivity index (χ4v) is 14.0. The molecule has 474 valence electrons. The van der Waals surface area contributed by atoms with Crippen molar-refractivity contribution in [3.8, 4) is 11.5 Å². The van der Waals surface area contributed by atoms with Crippen molar-refractivity contribution in [2.45, 2.75) is 426 Å². The maximum absolute atomic E-state index is 14.1. The highest BCUT2D eigenvalue weighted by Crippen LogP contribution is 2.48. The molecule has 3 heteroatoms. The monoisotopic (exact) mass is 1140 g/mol. The van der Waals surface area contributed by atoms with Gasteiger partial charge in [-0.15, -0.1) is 0 Å². The van der Waals surface area contributed by atoms with Crippen LogP contribution in [0, 0.1) is 0 Å². The van der Waals surface area contributed by atoms with Crippen LogP contribution in [-0.2, 0) is 38.5 Å². The molecular weight excluding hydrogens is 997 g/mol. The molecule has 1 aliphatic rings. The van der Waals surface area contributed by atoms with Crippen molar-refractivity contribution < 1.29 is 14.6 Å². The zero-order valence-electron chi connectivity index (χ0n) is 56.1. The van der Waals surface area contributed by atoms with Crippen molar-refractivity contribution in [2.24, 2.45) is 0 Å². The number of ether oxygens (including phenoxy) is 1. The Bertz CT molecular complexity index is 1790. The highest BCUT2D eigenvalue weighted by Gasteiger charge is 2.33. The van der Waals surface area contributed by atoms with E-state index >= 15 is 0 Å². The molecule has 1 N–H and O–H groups in total. The number of aryl methyl sites for hydroxylation is 1. The molecular formula is C79H140O3. The number of aromatic carboxylic acids is 1. The lowest BCUT2D eigenvalue weighted by molar-refractivity contribution is 0.0693. The molecule has 1 aliphatic heterocycles. The molecule has 2 aromatic rings. The van der Waals surface area contributed by atoms with Crippen LogP contribution < -0.4 is 4.74 Å². The molecule has 82 heavy (non-hydrogen) atoms. The van der Waals surface area contributed by atoms with E-state index in [4.69, 9.17) is 4.74 Å². The molecule has 0 aromatic heterocycles. The number of hydrogen-bond acceptors (Lipinski definition) is 2. The first kappa shape index (κ1) is 74.0. The minimum atomic E-state index is -0.725. The molecule has 0 aliphatic carbocycles. The van der Waals surface area contributed by atoms with E-state index in [1.165, 1.54) is 374 Å². The van der Waals surface area contributed by atoms with Crippen molar-refractivity contribution in [3.05, 3.63) is 56.6 Å². The number of fused-ring (bicyclic) bond motifs is 2. The predicted octanol–water partition coefficient (Wildman–Crippen LogP) is 27.3. The Morgan fingerprint density at radius 3 is 0.866 bits per heavy atom. The summed E-state index contributed by atoms with van der Waals surface area (Å²) in [6, 6.07) is 4.82. The van der Waals surface area contributed by atoms with Crippen molar-refractivity contribution in [3.63, 3.8) is 0 Å². The number of hydrogen-bond donors (Lipinski definition) is 1. The molecule has 0 radical (unpaired) electrons. The third-order valence-corrected chi connectivity index (χ3v) is 19.3. The number of benzene rings is 2. The van der Waals surface area contributed by atoms with E-state index in [-0.39, 0.29) is 0 Å². The molecule has 0 amide bonds. The third-order valence-electron chi connectivity index (χ3n) is 19.3. The Morgan fingerprint density at radius 1 is 0.305 bits per heavy atom. The van der Waals surface area contributed by atoms with E-state index in [1.54, 1.807) is 0 Å². The second kappa shape index (κ2) is 53.0. The first-order valence-electron chi connectivity index (χ1n) is 37.8. The molecule has 0 spiro atoms. The lowest BCUT2D eigenvalue weighted by atomic mass is 9.80. The standard InChI is InChI=1S/C79H140O3/c1-6-11-16-21-26-31-36-41-46-51-56-61-69-66-67-70-68-75-76(79(80)81)73(64-59-54-49-44-39-34-29-24-19-14-9-4)72(63-58-53-48-43-38-33-28-23-18-13-8-3)74(65-60-55-50-45-40-35-30-25-20-15-10-5)78(75)82-77(70)71(69)62-57-52-47-42-37-32-27-22-17-12-7-2/h66-67H,6-65,68H2,1-5H3,(H,80,81). The van der Waals surface area contributed by atoms with Crippen LogP contribution >= 0.6 is 0 Å². The highest BCUT2D eigenvalue weighted by atomic mass is 16.5. The Morgan fingerprint density at radius 2 is 0.561 bits per heavy atom. The normalized spacial score (nSPS) is 12.1. The molecule has 3 nitrogen and oxygen atoms in total. The van der Waals surface area contributed by atoms with Crippen LogP contribution in [0.25, 0.3) is 0 Å². The van der Waals surface area contributed by atoms with Gasteiger partial charge in [0.05, 0.1) is 5.56 Å². The van der Waals surface area contributed by atoms with Gasteiger partial charge in [0.2, 0.25) is 0 Å². The predicted molar refractivity (Wildman–Crippen MR) is 364 cm³/mol. The van der Waals surface area contributed by atoms with Crippen LogP contribution in [0.5, 0.6) is 11.5 Å². The van der Waals surface area contributed by atoms with Crippen molar-refractivity contribution in [1.29, 1.82) is 0 Å². The zero-order valence-corrected chi connectivity index (χ0v) is 56.1. The van der Waals surface area contributed by atoms with Crippen LogP contribution in [0.15, 0.2) is 12.1 Å². The van der Waals surface area contributed by atoms with Crippen molar-refractivity contribution in [2.75, 3.05) is 0 Å². The van der Waals surface area contributed by atoms with E-state index in [0.29, 0.717) is 12.0 Å². The topological polar surface area (TPSA) is 46.5 Å². The van der Waals surface area contributed by atoms with Gasteiger partial charge in [-0.1, -0.05) is 368 Å². The lowest BCUT2D eigenvalue weighted by Crippen LogP contribution is -2.19. The molecule has 3 rings (SSSR count). The van der Waals surface area contributed by atoms with Crippen LogP contribution in [0.3, 0.4) is 0 Å². The van der Waals surface area contributed by atoms with Gasteiger partial charge in [-0.05, 0) is 97.6 Å². The van der Waals surface area contributed by atoms with E-state index in [9.17, 15) is 9.90 Å². The van der Waals surface area contributed by atoms with Crippen LogP contribution in [0.2, 0.25) is 0 Å². The molecule has 2 aromatic carbocycles. The van der Waals surface area contributed by atoms with Crippen molar-refractivity contribution in [1.82, 2.24) is 0 Å². The molecule has 0 bridgehead atoms. The second-order valence-corrected chi connectivity index (χ2v) is 26.8. The third kappa shape index (κ3) is 34.2. The van der Waals surface area contributed by atoms with E-state index in [0.717, 1.165) is 62.0 Å². The fourth-order valence-electron chi connectivity index (χ4n) is 14.0. The second-order valence-electron chi connectivity index (χ2n) is 26.8. The number of carbonyl (C=O) groups is 1.